The van der Waals surface area contributed by atoms with Gasteiger partial charge in [-0.15, -0.1) is 11.3 Å². The van der Waals surface area contributed by atoms with E-state index in [0.29, 0.717) is 18.5 Å². The summed E-state index contributed by atoms with van der Waals surface area (Å²) in [6, 6.07) is 7.47. The fourth-order valence-corrected chi connectivity index (χ4v) is 4.82. The van der Waals surface area contributed by atoms with Crippen molar-refractivity contribution in [2.24, 2.45) is 11.8 Å². The van der Waals surface area contributed by atoms with Crippen LogP contribution in [0.4, 0.5) is 5.69 Å². The first kappa shape index (κ1) is 18.7. The first-order valence-electron chi connectivity index (χ1n) is 9.93. The Bertz CT molecular complexity index is 1110. The van der Waals surface area contributed by atoms with Gasteiger partial charge >= 0.3 is 0 Å². The standard InChI is InChI=1S/C22H20N4O3S/c27-19(9-10-26-20(28)16-3-1-2-4-17(16)21(26)29)23-15-7-5-14(6-8-15)18-13-25-11-12-30-22(25)24-18/h1-2,5-8,11-13,16-17H,3-4,9-10H2,(H,23,27). The van der Waals surface area contributed by atoms with Gasteiger partial charge in [0.1, 0.15) is 0 Å². The Labute approximate surface area is 177 Å². The van der Waals surface area contributed by atoms with Crippen LogP contribution in [0.1, 0.15) is 19.3 Å². The molecule has 0 bridgehead atoms. The number of anilines is 1. The number of thiazole rings is 1. The van der Waals surface area contributed by atoms with Gasteiger partial charge in [-0.3, -0.25) is 23.7 Å². The molecule has 152 valence electrons. The van der Waals surface area contributed by atoms with Crippen LogP contribution in [0.25, 0.3) is 16.2 Å². The summed E-state index contributed by atoms with van der Waals surface area (Å²) in [6.07, 6.45) is 9.16. The average molecular weight is 420 g/mol. The third-order valence-corrected chi connectivity index (χ3v) is 6.49. The van der Waals surface area contributed by atoms with Gasteiger partial charge in [0, 0.05) is 42.0 Å². The SMILES string of the molecule is O=C(CCN1C(=O)C2CC=CCC2C1=O)Nc1ccc(-c2cn3ccsc3n2)cc1. The molecule has 0 saturated carbocycles. The lowest BCUT2D eigenvalue weighted by Gasteiger charge is -2.14. The Morgan fingerprint density at radius 2 is 1.80 bits per heavy atom. The number of nitrogens with zero attached hydrogens (tertiary/aromatic N) is 3. The molecule has 0 radical (unpaired) electrons. The Hall–Kier alpha value is -3.26. The van der Waals surface area contributed by atoms with E-state index >= 15 is 0 Å². The molecule has 2 aliphatic rings. The molecule has 5 rings (SSSR count). The van der Waals surface area contributed by atoms with Crippen molar-refractivity contribution in [1.29, 1.82) is 0 Å². The molecule has 1 aliphatic carbocycles. The number of amides is 3. The maximum atomic E-state index is 12.5. The van der Waals surface area contributed by atoms with Crippen LogP contribution in [0.5, 0.6) is 0 Å². The third kappa shape index (κ3) is 3.33. The number of nitrogens with one attached hydrogen (secondary N) is 1. The number of hydrogen-bond acceptors (Lipinski definition) is 5. The fourth-order valence-electron chi connectivity index (χ4n) is 4.12. The van der Waals surface area contributed by atoms with Crippen molar-refractivity contribution >= 4 is 39.7 Å². The number of benzene rings is 1. The molecule has 3 aromatic rings. The van der Waals surface area contributed by atoms with Gasteiger partial charge in [0.25, 0.3) is 0 Å². The maximum Gasteiger partial charge on any atom is 0.233 e. The van der Waals surface area contributed by atoms with Gasteiger partial charge in [0.05, 0.1) is 17.5 Å². The van der Waals surface area contributed by atoms with E-state index in [1.165, 1.54) is 4.90 Å². The second kappa shape index (κ2) is 7.53. The van der Waals surface area contributed by atoms with E-state index in [-0.39, 0.29) is 42.5 Å². The van der Waals surface area contributed by atoms with E-state index < -0.39 is 0 Å². The molecule has 3 heterocycles. The fraction of sp³-hybridized carbons (Fsp3) is 0.273. The summed E-state index contributed by atoms with van der Waals surface area (Å²) < 4.78 is 1.98. The highest BCUT2D eigenvalue weighted by Gasteiger charge is 2.46. The molecular formula is C22H20N4O3S. The monoisotopic (exact) mass is 420 g/mol. The number of rotatable bonds is 5. The van der Waals surface area contributed by atoms with Gasteiger partial charge in [0.2, 0.25) is 17.7 Å². The zero-order valence-electron chi connectivity index (χ0n) is 16.2. The van der Waals surface area contributed by atoms with Crippen molar-refractivity contribution in [2.75, 3.05) is 11.9 Å². The topological polar surface area (TPSA) is 83.8 Å². The van der Waals surface area contributed by atoms with Gasteiger partial charge in [-0.1, -0.05) is 24.3 Å². The van der Waals surface area contributed by atoms with Crippen molar-refractivity contribution < 1.29 is 14.4 Å². The van der Waals surface area contributed by atoms with E-state index in [1.807, 2.05) is 58.6 Å². The zero-order chi connectivity index (χ0) is 20.7. The Morgan fingerprint density at radius 3 is 2.47 bits per heavy atom. The Balaban J connectivity index is 1.18. The number of likely N-dealkylation sites (tertiary alicyclic amines) is 1. The predicted octanol–water partition coefficient (Wildman–Crippen LogP) is 3.34. The molecule has 30 heavy (non-hydrogen) atoms. The molecule has 0 spiro atoms. The number of carbonyl (C=O) groups excluding carboxylic acids is 3. The number of imide groups is 1. The largest absolute Gasteiger partial charge is 0.326 e. The average Bonchev–Trinajstić information content (AvgIpc) is 3.42. The molecule has 8 heteroatoms. The van der Waals surface area contributed by atoms with Crippen LogP contribution < -0.4 is 5.32 Å². The lowest BCUT2D eigenvalue weighted by atomic mass is 9.85. The van der Waals surface area contributed by atoms with E-state index in [0.717, 1.165) is 16.2 Å². The first-order chi connectivity index (χ1) is 14.6. The second-order valence-corrected chi connectivity index (χ2v) is 8.45. The molecule has 1 N–H and O–H groups in total. The smallest absolute Gasteiger partial charge is 0.233 e. The Morgan fingerprint density at radius 1 is 1.10 bits per heavy atom. The van der Waals surface area contributed by atoms with Crippen molar-refractivity contribution in [2.45, 2.75) is 19.3 Å². The summed E-state index contributed by atoms with van der Waals surface area (Å²) >= 11 is 1.58. The number of hydrogen-bond donors (Lipinski definition) is 1. The van der Waals surface area contributed by atoms with Gasteiger partial charge < -0.3 is 5.32 Å². The normalized spacial score (nSPS) is 20.7. The van der Waals surface area contributed by atoms with Crippen LogP contribution in [0, 0.1) is 11.8 Å². The zero-order valence-corrected chi connectivity index (χ0v) is 17.0. The molecule has 2 aromatic heterocycles. The number of fused-ring (bicyclic) bond motifs is 2. The van der Waals surface area contributed by atoms with Crippen LogP contribution in [-0.2, 0) is 14.4 Å². The summed E-state index contributed by atoms with van der Waals surface area (Å²) in [5.74, 6) is -1.02. The summed E-state index contributed by atoms with van der Waals surface area (Å²) in [4.78, 5) is 44.1. The quantitative estimate of drug-likeness (QED) is 0.507. The number of aromatic nitrogens is 2. The van der Waals surface area contributed by atoms with Crippen LogP contribution in [-0.4, -0.2) is 38.6 Å². The third-order valence-electron chi connectivity index (χ3n) is 5.72. The lowest BCUT2D eigenvalue weighted by molar-refractivity contribution is -0.140. The van der Waals surface area contributed by atoms with E-state index in [9.17, 15) is 14.4 Å². The Kier molecular flexibility index (Phi) is 4.71. The minimum Gasteiger partial charge on any atom is -0.326 e. The van der Waals surface area contributed by atoms with Crippen LogP contribution >= 0.6 is 11.3 Å². The molecule has 1 aliphatic heterocycles. The molecular weight excluding hydrogens is 400 g/mol. The van der Waals surface area contributed by atoms with Gasteiger partial charge in [0.15, 0.2) is 4.96 Å². The number of allylic oxidation sites excluding steroid dienone is 2. The highest BCUT2D eigenvalue weighted by Crippen LogP contribution is 2.35. The van der Waals surface area contributed by atoms with Crippen molar-refractivity contribution in [1.82, 2.24) is 14.3 Å². The molecule has 1 saturated heterocycles. The minimum absolute atomic E-state index is 0.0867. The first-order valence-corrected chi connectivity index (χ1v) is 10.8. The molecule has 2 unspecified atom stereocenters. The molecule has 2 atom stereocenters. The van der Waals surface area contributed by atoms with Crippen LogP contribution in [0.2, 0.25) is 0 Å². The lowest BCUT2D eigenvalue weighted by Crippen LogP contribution is -2.34. The van der Waals surface area contributed by atoms with Gasteiger partial charge in [-0.25, -0.2) is 4.98 Å². The molecule has 1 fully saturated rings. The maximum absolute atomic E-state index is 12.5. The number of imidazole rings is 1. The van der Waals surface area contributed by atoms with E-state index in [4.69, 9.17) is 0 Å². The van der Waals surface area contributed by atoms with Crippen molar-refractivity contribution in [3.05, 3.63) is 54.2 Å². The summed E-state index contributed by atoms with van der Waals surface area (Å²) in [7, 11) is 0. The van der Waals surface area contributed by atoms with E-state index in [2.05, 4.69) is 10.3 Å². The summed E-state index contributed by atoms with van der Waals surface area (Å²) in [6.45, 7) is 0.125. The van der Waals surface area contributed by atoms with Crippen molar-refractivity contribution in [3.8, 4) is 11.3 Å². The van der Waals surface area contributed by atoms with Gasteiger partial charge in [-0.2, -0.15) is 0 Å². The minimum atomic E-state index is -0.253. The highest BCUT2D eigenvalue weighted by atomic mass is 32.1. The summed E-state index contributed by atoms with van der Waals surface area (Å²) in [5, 5.41) is 4.82. The molecule has 3 amide bonds. The summed E-state index contributed by atoms with van der Waals surface area (Å²) in [5.41, 5.74) is 2.51. The molecule has 7 nitrogen and oxygen atoms in total. The van der Waals surface area contributed by atoms with Crippen LogP contribution in [0.3, 0.4) is 0 Å². The van der Waals surface area contributed by atoms with Crippen molar-refractivity contribution in [3.63, 3.8) is 0 Å². The second-order valence-electron chi connectivity index (χ2n) is 7.58. The highest BCUT2D eigenvalue weighted by molar-refractivity contribution is 7.15. The van der Waals surface area contributed by atoms with Gasteiger partial charge in [-0.05, 0) is 25.0 Å². The predicted molar refractivity (Wildman–Crippen MR) is 114 cm³/mol. The van der Waals surface area contributed by atoms with E-state index in [1.54, 1.807) is 11.3 Å². The van der Waals surface area contributed by atoms with Crippen LogP contribution in [0.15, 0.2) is 54.2 Å². The number of carbonyl (C=O) groups is 3. The molecule has 1 aromatic carbocycles.